The van der Waals surface area contributed by atoms with E-state index in [0.29, 0.717) is 0 Å². The summed E-state index contributed by atoms with van der Waals surface area (Å²) in [5, 5.41) is 11.2. The Morgan fingerprint density at radius 1 is 1.10 bits per heavy atom. The van der Waals surface area contributed by atoms with Crippen LogP contribution >= 0.6 is 0 Å². The molecule has 0 aromatic rings. The van der Waals surface area contributed by atoms with Gasteiger partial charge in [-0.15, -0.1) is 0 Å². The number of rotatable bonds is 7. The largest absolute Gasteiger partial charge is 0.381 e. The van der Waals surface area contributed by atoms with Crippen LogP contribution in [0.1, 0.15) is 39.0 Å². The summed E-state index contributed by atoms with van der Waals surface area (Å²) in [6, 6.07) is 0. The van der Waals surface area contributed by atoms with Crippen molar-refractivity contribution in [2.24, 2.45) is 0 Å². The summed E-state index contributed by atoms with van der Waals surface area (Å²) in [5.41, 5.74) is 0. The number of nitrogens with one attached hydrogen (secondary N) is 1. The quantitative estimate of drug-likeness (QED) is 0.420. The van der Waals surface area contributed by atoms with Gasteiger partial charge in [0.1, 0.15) is 0 Å². The molecule has 0 fully saturated rings. The van der Waals surface area contributed by atoms with Crippen LogP contribution in [0.25, 0.3) is 0 Å². The van der Waals surface area contributed by atoms with Gasteiger partial charge in [0.25, 0.3) is 0 Å². The first-order valence-corrected chi connectivity index (χ1v) is 4.23. The molecule has 0 saturated heterocycles. The van der Waals surface area contributed by atoms with Crippen molar-refractivity contribution in [2.75, 3.05) is 13.3 Å². The molecule has 10 heavy (non-hydrogen) atoms. The minimum atomic E-state index is 0.119. The zero-order valence-corrected chi connectivity index (χ0v) is 6.90. The second-order valence-electron chi connectivity index (χ2n) is 2.57. The third-order valence-corrected chi connectivity index (χ3v) is 1.57. The molecule has 2 heteroatoms. The van der Waals surface area contributed by atoms with Gasteiger partial charge in [0.2, 0.25) is 0 Å². The zero-order valence-electron chi connectivity index (χ0n) is 6.90. The first kappa shape index (κ1) is 9.92. The van der Waals surface area contributed by atoms with E-state index in [1.807, 2.05) is 0 Å². The Morgan fingerprint density at radius 3 is 2.40 bits per heavy atom. The van der Waals surface area contributed by atoms with E-state index in [9.17, 15) is 0 Å². The Kier molecular flexibility index (Phi) is 8.85. The van der Waals surface area contributed by atoms with Crippen LogP contribution in [-0.2, 0) is 0 Å². The Labute approximate surface area is 63.6 Å². The lowest BCUT2D eigenvalue weighted by Crippen LogP contribution is -2.15. The smallest absolute Gasteiger partial charge is 0.0931 e. The highest BCUT2D eigenvalue weighted by Gasteiger charge is 1.86. The minimum Gasteiger partial charge on any atom is -0.381 e. The monoisotopic (exact) mass is 145 g/mol. The van der Waals surface area contributed by atoms with Gasteiger partial charge >= 0.3 is 0 Å². The molecular weight excluding hydrogens is 126 g/mol. The van der Waals surface area contributed by atoms with E-state index >= 15 is 0 Å². The highest BCUT2D eigenvalue weighted by atomic mass is 16.3. The average Bonchev–Trinajstić information content (AvgIpc) is 1.97. The molecule has 0 amide bonds. The van der Waals surface area contributed by atoms with Gasteiger partial charge in [-0.3, -0.25) is 5.32 Å². The van der Waals surface area contributed by atoms with Crippen LogP contribution in [0, 0.1) is 0 Å². The molecule has 0 bridgehead atoms. The maximum absolute atomic E-state index is 8.36. The molecular formula is C8H19NO. The van der Waals surface area contributed by atoms with Crippen molar-refractivity contribution in [1.29, 1.82) is 0 Å². The van der Waals surface area contributed by atoms with Crippen LogP contribution in [0.15, 0.2) is 0 Å². The summed E-state index contributed by atoms with van der Waals surface area (Å²) < 4.78 is 0. The molecule has 0 aliphatic heterocycles. The summed E-state index contributed by atoms with van der Waals surface area (Å²) in [7, 11) is 0. The van der Waals surface area contributed by atoms with Gasteiger partial charge in [0, 0.05) is 0 Å². The SMILES string of the molecule is CCCCCCCNCO. The molecule has 2 N–H and O–H groups in total. The van der Waals surface area contributed by atoms with E-state index in [-0.39, 0.29) is 6.73 Å². The lowest BCUT2D eigenvalue weighted by Gasteiger charge is -1.99. The number of hydrogen-bond donors (Lipinski definition) is 2. The van der Waals surface area contributed by atoms with E-state index in [2.05, 4.69) is 12.2 Å². The average molecular weight is 145 g/mol. The van der Waals surface area contributed by atoms with E-state index in [1.54, 1.807) is 0 Å². The summed E-state index contributed by atoms with van der Waals surface area (Å²) in [6.07, 6.45) is 6.47. The molecule has 0 saturated carbocycles. The Morgan fingerprint density at radius 2 is 1.80 bits per heavy atom. The van der Waals surface area contributed by atoms with Crippen LogP contribution in [0.5, 0.6) is 0 Å². The molecule has 2 nitrogen and oxygen atoms in total. The number of aliphatic hydroxyl groups is 1. The van der Waals surface area contributed by atoms with Gasteiger partial charge < -0.3 is 5.11 Å². The van der Waals surface area contributed by atoms with Crippen LogP contribution in [-0.4, -0.2) is 18.4 Å². The highest BCUT2D eigenvalue weighted by Crippen LogP contribution is 2.00. The second-order valence-corrected chi connectivity index (χ2v) is 2.57. The fraction of sp³-hybridized carbons (Fsp3) is 1.00. The molecule has 0 atom stereocenters. The lowest BCUT2D eigenvalue weighted by atomic mass is 10.1. The van der Waals surface area contributed by atoms with Gasteiger partial charge in [-0.25, -0.2) is 0 Å². The molecule has 0 aromatic carbocycles. The lowest BCUT2D eigenvalue weighted by molar-refractivity contribution is 0.260. The minimum absolute atomic E-state index is 0.119. The van der Waals surface area contributed by atoms with Gasteiger partial charge in [0.15, 0.2) is 0 Å². The Balaban J connectivity index is 2.65. The summed E-state index contributed by atoms with van der Waals surface area (Å²) in [5.74, 6) is 0. The molecule has 0 aliphatic carbocycles. The summed E-state index contributed by atoms with van der Waals surface area (Å²) >= 11 is 0. The van der Waals surface area contributed by atoms with Crippen molar-refractivity contribution in [2.45, 2.75) is 39.0 Å². The second kappa shape index (κ2) is 8.92. The fourth-order valence-electron chi connectivity index (χ4n) is 0.933. The van der Waals surface area contributed by atoms with Crippen molar-refractivity contribution in [3.63, 3.8) is 0 Å². The maximum Gasteiger partial charge on any atom is 0.0931 e. The molecule has 62 valence electrons. The first-order chi connectivity index (χ1) is 4.91. The van der Waals surface area contributed by atoms with Crippen molar-refractivity contribution < 1.29 is 5.11 Å². The van der Waals surface area contributed by atoms with Crippen LogP contribution < -0.4 is 5.32 Å². The molecule has 0 aromatic heterocycles. The van der Waals surface area contributed by atoms with Crippen molar-refractivity contribution >= 4 is 0 Å². The fourth-order valence-corrected chi connectivity index (χ4v) is 0.933. The Bertz CT molecular complexity index is 49.2. The molecule has 0 rings (SSSR count). The standard InChI is InChI=1S/C8H19NO/c1-2-3-4-5-6-7-9-8-10/h9-10H,2-8H2,1H3. The molecule has 0 heterocycles. The van der Waals surface area contributed by atoms with Gasteiger partial charge in [-0.2, -0.15) is 0 Å². The van der Waals surface area contributed by atoms with Crippen LogP contribution in [0.3, 0.4) is 0 Å². The van der Waals surface area contributed by atoms with Crippen LogP contribution in [0.4, 0.5) is 0 Å². The zero-order chi connectivity index (χ0) is 7.66. The van der Waals surface area contributed by atoms with Crippen molar-refractivity contribution in [1.82, 2.24) is 5.32 Å². The van der Waals surface area contributed by atoms with Gasteiger partial charge in [0.05, 0.1) is 6.73 Å². The van der Waals surface area contributed by atoms with Crippen molar-refractivity contribution in [3.05, 3.63) is 0 Å². The first-order valence-electron chi connectivity index (χ1n) is 4.23. The number of hydrogen-bond acceptors (Lipinski definition) is 2. The number of aliphatic hydroxyl groups excluding tert-OH is 1. The molecule has 0 spiro atoms. The van der Waals surface area contributed by atoms with E-state index in [0.717, 1.165) is 6.54 Å². The maximum atomic E-state index is 8.36. The highest BCUT2D eigenvalue weighted by molar-refractivity contribution is 4.44. The van der Waals surface area contributed by atoms with E-state index in [1.165, 1.54) is 32.1 Å². The Hall–Kier alpha value is -0.0800. The molecule has 0 radical (unpaired) electrons. The van der Waals surface area contributed by atoms with E-state index < -0.39 is 0 Å². The number of unbranched alkanes of at least 4 members (excludes halogenated alkanes) is 4. The van der Waals surface area contributed by atoms with Crippen LogP contribution in [0.2, 0.25) is 0 Å². The predicted molar refractivity (Wildman–Crippen MR) is 43.8 cm³/mol. The van der Waals surface area contributed by atoms with Gasteiger partial charge in [-0.05, 0) is 13.0 Å². The third kappa shape index (κ3) is 7.92. The molecule has 0 unspecified atom stereocenters. The topological polar surface area (TPSA) is 32.3 Å². The van der Waals surface area contributed by atoms with Gasteiger partial charge in [-0.1, -0.05) is 32.6 Å². The normalized spacial score (nSPS) is 10.2. The predicted octanol–water partition coefficient (Wildman–Crippen LogP) is 1.50. The third-order valence-electron chi connectivity index (χ3n) is 1.57. The molecule has 0 aliphatic rings. The van der Waals surface area contributed by atoms with E-state index in [4.69, 9.17) is 5.11 Å². The summed E-state index contributed by atoms with van der Waals surface area (Å²) in [6.45, 7) is 3.29. The van der Waals surface area contributed by atoms with Crippen molar-refractivity contribution in [3.8, 4) is 0 Å². The summed E-state index contributed by atoms with van der Waals surface area (Å²) in [4.78, 5) is 0.